The van der Waals surface area contributed by atoms with E-state index in [0.29, 0.717) is 5.82 Å². The zero-order valence-electron chi connectivity index (χ0n) is 7.30. The van der Waals surface area contributed by atoms with E-state index in [9.17, 15) is 0 Å². The number of anilines is 1. The summed E-state index contributed by atoms with van der Waals surface area (Å²) in [5.74, 6) is 0.694. The Labute approximate surface area is 71.7 Å². The van der Waals surface area contributed by atoms with E-state index in [1.807, 2.05) is 4.68 Å². The molecule has 0 amide bonds. The van der Waals surface area contributed by atoms with Crippen molar-refractivity contribution in [3.05, 3.63) is 11.3 Å². The maximum atomic E-state index is 5.77. The Hall–Kier alpha value is -1.03. The first-order valence-corrected chi connectivity index (χ1v) is 4.37. The molecule has 0 saturated heterocycles. The van der Waals surface area contributed by atoms with Crippen LogP contribution in [0, 0.1) is 0 Å². The van der Waals surface area contributed by atoms with Gasteiger partial charge in [0.15, 0.2) is 0 Å². The van der Waals surface area contributed by atoms with Crippen molar-refractivity contribution in [3.8, 4) is 0 Å². The standard InChI is InChI=1S/C8H14N4/c1-2-12-7-3-4-10-5-6(7)8(9)11-12/h10H,2-5H2,1H3,(H2,9,11). The van der Waals surface area contributed by atoms with Crippen molar-refractivity contribution >= 4 is 5.82 Å². The van der Waals surface area contributed by atoms with E-state index >= 15 is 0 Å². The zero-order chi connectivity index (χ0) is 8.55. The van der Waals surface area contributed by atoms with Crippen LogP contribution in [0.3, 0.4) is 0 Å². The fourth-order valence-electron chi connectivity index (χ4n) is 1.71. The summed E-state index contributed by atoms with van der Waals surface area (Å²) in [4.78, 5) is 0. The lowest BCUT2D eigenvalue weighted by molar-refractivity contribution is 0.572. The Morgan fingerprint density at radius 3 is 3.25 bits per heavy atom. The molecule has 3 N–H and O–H groups in total. The van der Waals surface area contributed by atoms with Crippen molar-refractivity contribution in [2.24, 2.45) is 0 Å². The molecule has 0 radical (unpaired) electrons. The van der Waals surface area contributed by atoms with Gasteiger partial charge in [0.2, 0.25) is 0 Å². The molecule has 0 spiro atoms. The number of nitrogen functional groups attached to an aromatic ring is 1. The smallest absolute Gasteiger partial charge is 0.150 e. The fraction of sp³-hybridized carbons (Fsp3) is 0.625. The lowest BCUT2D eigenvalue weighted by atomic mass is 10.1. The summed E-state index contributed by atoms with van der Waals surface area (Å²) in [6.07, 6.45) is 1.05. The van der Waals surface area contributed by atoms with Gasteiger partial charge in [0.1, 0.15) is 5.82 Å². The van der Waals surface area contributed by atoms with Gasteiger partial charge in [-0.05, 0) is 6.92 Å². The second-order valence-electron chi connectivity index (χ2n) is 3.05. The lowest BCUT2D eigenvalue weighted by Crippen LogP contribution is -2.24. The number of aromatic nitrogens is 2. The molecule has 2 heterocycles. The third-order valence-electron chi connectivity index (χ3n) is 2.34. The highest BCUT2D eigenvalue weighted by Gasteiger charge is 2.17. The van der Waals surface area contributed by atoms with Crippen LogP contribution in [0.15, 0.2) is 0 Å². The molecule has 0 fully saturated rings. The minimum absolute atomic E-state index is 0.694. The van der Waals surface area contributed by atoms with Gasteiger partial charge in [-0.15, -0.1) is 0 Å². The summed E-state index contributed by atoms with van der Waals surface area (Å²) in [5, 5.41) is 7.55. The highest BCUT2D eigenvalue weighted by atomic mass is 15.3. The molecule has 0 saturated carbocycles. The monoisotopic (exact) mass is 166 g/mol. The van der Waals surface area contributed by atoms with Gasteiger partial charge in [0.05, 0.1) is 0 Å². The minimum Gasteiger partial charge on any atom is -0.382 e. The summed E-state index contributed by atoms with van der Waals surface area (Å²) in [7, 11) is 0. The molecular weight excluding hydrogens is 152 g/mol. The first kappa shape index (κ1) is 7.61. The maximum absolute atomic E-state index is 5.77. The van der Waals surface area contributed by atoms with Gasteiger partial charge in [-0.1, -0.05) is 0 Å². The van der Waals surface area contributed by atoms with Crippen molar-refractivity contribution in [2.45, 2.75) is 26.4 Å². The molecule has 4 nitrogen and oxygen atoms in total. The highest BCUT2D eigenvalue weighted by Crippen LogP contribution is 2.19. The van der Waals surface area contributed by atoms with Crippen molar-refractivity contribution in [1.82, 2.24) is 15.1 Å². The molecule has 1 aliphatic heterocycles. The van der Waals surface area contributed by atoms with E-state index in [1.165, 1.54) is 11.3 Å². The number of rotatable bonds is 1. The predicted molar refractivity (Wildman–Crippen MR) is 47.7 cm³/mol. The summed E-state index contributed by atoms with van der Waals surface area (Å²) in [6.45, 7) is 4.92. The molecule has 12 heavy (non-hydrogen) atoms. The predicted octanol–water partition coefficient (Wildman–Crippen LogP) is 0.131. The van der Waals surface area contributed by atoms with Crippen LogP contribution in [0.4, 0.5) is 5.82 Å². The largest absolute Gasteiger partial charge is 0.382 e. The molecule has 0 aliphatic carbocycles. The molecular formula is C8H14N4. The quantitative estimate of drug-likeness (QED) is 0.623. The van der Waals surface area contributed by atoms with Gasteiger partial charge < -0.3 is 11.1 Å². The number of nitrogens with two attached hydrogens (primary N) is 1. The van der Waals surface area contributed by atoms with Gasteiger partial charge >= 0.3 is 0 Å². The molecule has 1 aromatic heterocycles. The van der Waals surface area contributed by atoms with E-state index in [-0.39, 0.29) is 0 Å². The first-order chi connectivity index (χ1) is 5.83. The minimum atomic E-state index is 0.694. The van der Waals surface area contributed by atoms with Gasteiger partial charge in [-0.25, -0.2) is 0 Å². The van der Waals surface area contributed by atoms with Crippen LogP contribution in [-0.2, 0) is 19.5 Å². The first-order valence-electron chi connectivity index (χ1n) is 4.37. The summed E-state index contributed by atoms with van der Waals surface area (Å²) in [5.41, 5.74) is 8.28. The van der Waals surface area contributed by atoms with Crippen molar-refractivity contribution in [3.63, 3.8) is 0 Å². The Kier molecular flexibility index (Phi) is 1.77. The molecule has 0 atom stereocenters. The van der Waals surface area contributed by atoms with Crippen molar-refractivity contribution in [2.75, 3.05) is 12.3 Å². The van der Waals surface area contributed by atoms with E-state index in [4.69, 9.17) is 5.73 Å². The molecule has 0 unspecified atom stereocenters. The topological polar surface area (TPSA) is 55.9 Å². The number of fused-ring (bicyclic) bond motifs is 1. The molecule has 2 rings (SSSR count). The van der Waals surface area contributed by atoms with Crippen molar-refractivity contribution in [1.29, 1.82) is 0 Å². The second-order valence-corrected chi connectivity index (χ2v) is 3.05. The molecule has 66 valence electrons. The van der Waals surface area contributed by atoms with Crippen LogP contribution in [0.1, 0.15) is 18.2 Å². The van der Waals surface area contributed by atoms with Crippen molar-refractivity contribution < 1.29 is 0 Å². The van der Waals surface area contributed by atoms with E-state index in [1.54, 1.807) is 0 Å². The summed E-state index contributed by atoms with van der Waals surface area (Å²) < 4.78 is 2.01. The SMILES string of the molecule is CCn1nc(N)c2c1CCNC2. The van der Waals surface area contributed by atoms with Crippen LogP contribution in [0.2, 0.25) is 0 Å². The van der Waals surface area contributed by atoms with Gasteiger partial charge in [0, 0.05) is 37.3 Å². The number of nitrogens with one attached hydrogen (secondary N) is 1. The fourth-order valence-corrected chi connectivity index (χ4v) is 1.71. The molecule has 1 aliphatic rings. The Balaban J connectivity index is 2.47. The second kappa shape index (κ2) is 2.79. The summed E-state index contributed by atoms with van der Waals surface area (Å²) >= 11 is 0. The molecule has 4 heteroatoms. The average molecular weight is 166 g/mol. The highest BCUT2D eigenvalue weighted by molar-refractivity contribution is 5.43. The van der Waals surface area contributed by atoms with Gasteiger partial charge in [-0.2, -0.15) is 5.10 Å². The zero-order valence-corrected chi connectivity index (χ0v) is 7.30. The van der Waals surface area contributed by atoms with E-state index < -0.39 is 0 Å². The van der Waals surface area contributed by atoms with Crippen LogP contribution in [0.25, 0.3) is 0 Å². The van der Waals surface area contributed by atoms with Crippen LogP contribution in [0.5, 0.6) is 0 Å². The van der Waals surface area contributed by atoms with Crippen LogP contribution < -0.4 is 11.1 Å². The lowest BCUT2D eigenvalue weighted by Gasteiger charge is -2.14. The number of hydrogen-bond acceptors (Lipinski definition) is 3. The summed E-state index contributed by atoms with van der Waals surface area (Å²) in [6, 6.07) is 0. The van der Waals surface area contributed by atoms with Gasteiger partial charge in [0.25, 0.3) is 0 Å². The van der Waals surface area contributed by atoms with E-state index in [2.05, 4.69) is 17.3 Å². The average Bonchev–Trinajstić information content (AvgIpc) is 2.44. The Morgan fingerprint density at radius 2 is 2.50 bits per heavy atom. The van der Waals surface area contributed by atoms with Crippen LogP contribution in [-0.4, -0.2) is 16.3 Å². The Bertz CT molecular complexity index is 289. The third-order valence-corrected chi connectivity index (χ3v) is 2.34. The molecule has 0 aromatic carbocycles. The maximum Gasteiger partial charge on any atom is 0.150 e. The number of nitrogens with zero attached hydrogens (tertiary/aromatic N) is 2. The van der Waals surface area contributed by atoms with Gasteiger partial charge in [-0.3, -0.25) is 4.68 Å². The van der Waals surface area contributed by atoms with Crippen LogP contribution >= 0.6 is 0 Å². The Morgan fingerprint density at radius 1 is 1.67 bits per heavy atom. The number of hydrogen-bond donors (Lipinski definition) is 2. The van der Waals surface area contributed by atoms with E-state index in [0.717, 1.165) is 26.1 Å². The third kappa shape index (κ3) is 0.992. The molecule has 0 bridgehead atoms. The normalized spacial score (nSPS) is 16.1. The number of aryl methyl sites for hydroxylation is 1. The molecule has 1 aromatic rings.